The first kappa shape index (κ1) is 16.4. The molecule has 0 spiro atoms. The molecule has 1 aliphatic rings. The predicted molar refractivity (Wildman–Crippen MR) is 77.4 cm³/mol. The van der Waals surface area contributed by atoms with Crippen molar-refractivity contribution in [2.75, 3.05) is 13.2 Å². The highest BCUT2D eigenvalue weighted by molar-refractivity contribution is 7.90. The van der Waals surface area contributed by atoms with Gasteiger partial charge in [-0.05, 0) is 30.5 Å². The highest BCUT2D eigenvalue weighted by Crippen LogP contribution is 2.15. The molecule has 0 amide bonds. The Labute approximate surface area is 124 Å². The standard InChI is InChI=1S/C12H18N2O5S2/c13-20(15,16)11-3-1-10(2-4-11)9-14-21(17,18)12-5-7-19-8-6-12/h1-4,12,14H,5-9H2,(H2,13,15,16). The second-order valence-electron chi connectivity index (χ2n) is 4.87. The Bertz CT molecular complexity index is 677. The van der Waals surface area contributed by atoms with E-state index in [-0.39, 0.29) is 11.4 Å². The van der Waals surface area contributed by atoms with Gasteiger partial charge in [0.05, 0.1) is 10.1 Å². The van der Waals surface area contributed by atoms with Crippen molar-refractivity contribution < 1.29 is 21.6 Å². The van der Waals surface area contributed by atoms with E-state index in [0.717, 1.165) is 0 Å². The number of nitrogens with two attached hydrogens (primary N) is 1. The van der Waals surface area contributed by atoms with Gasteiger partial charge in [-0.1, -0.05) is 12.1 Å². The first-order valence-corrected chi connectivity index (χ1v) is 9.56. The Morgan fingerprint density at radius 3 is 2.19 bits per heavy atom. The maximum atomic E-state index is 12.1. The average molecular weight is 334 g/mol. The number of rotatable bonds is 5. The van der Waals surface area contributed by atoms with Gasteiger partial charge in [0, 0.05) is 19.8 Å². The zero-order valence-electron chi connectivity index (χ0n) is 11.4. The highest BCUT2D eigenvalue weighted by atomic mass is 32.2. The van der Waals surface area contributed by atoms with E-state index < -0.39 is 25.3 Å². The topological polar surface area (TPSA) is 116 Å². The first-order chi connectivity index (χ1) is 9.79. The van der Waals surface area contributed by atoms with Crippen LogP contribution in [0.1, 0.15) is 18.4 Å². The maximum Gasteiger partial charge on any atom is 0.238 e. The van der Waals surface area contributed by atoms with E-state index in [4.69, 9.17) is 9.88 Å². The van der Waals surface area contributed by atoms with Crippen LogP contribution in [0.2, 0.25) is 0 Å². The third-order valence-corrected chi connectivity index (χ3v) is 6.16. The molecule has 2 rings (SSSR count). The third kappa shape index (κ3) is 4.48. The van der Waals surface area contributed by atoms with Crippen LogP contribution in [-0.4, -0.2) is 35.3 Å². The fourth-order valence-electron chi connectivity index (χ4n) is 2.09. The molecule has 0 bridgehead atoms. The molecule has 0 radical (unpaired) electrons. The number of sulfonamides is 2. The van der Waals surface area contributed by atoms with Gasteiger partial charge in [0.25, 0.3) is 0 Å². The van der Waals surface area contributed by atoms with Gasteiger partial charge in [0.1, 0.15) is 0 Å². The number of primary sulfonamides is 1. The molecule has 1 fully saturated rings. The number of nitrogens with one attached hydrogen (secondary N) is 1. The second kappa shape index (κ2) is 6.41. The van der Waals surface area contributed by atoms with Gasteiger partial charge in [-0.3, -0.25) is 0 Å². The van der Waals surface area contributed by atoms with Crippen molar-refractivity contribution in [3.05, 3.63) is 29.8 Å². The lowest BCUT2D eigenvalue weighted by molar-refractivity contribution is 0.0981. The summed E-state index contributed by atoms with van der Waals surface area (Å²) >= 11 is 0. The molecule has 0 unspecified atom stereocenters. The van der Waals surface area contributed by atoms with Crippen LogP contribution in [0.25, 0.3) is 0 Å². The number of benzene rings is 1. The summed E-state index contributed by atoms with van der Waals surface area (Å²) in [5.41, 5.74) is 0.665. The molecule has 1 aromatic rings. The zero-order chi connectivity index (χ0) is 15.5. The summed E-state index contributed by atoms with van der Waals surface area (Å²) in [6, 6.07) is 5.78. The highest BCUT2D eigenvalue weighted by Gasteiger charge is 2.27. The van der Waals surface area contributed by atoms with Crippen LogP contribution in [0.15, 0.2) is 29.2 Å². The van der Waals surface area contributed by atoms with Gasteiger partial charge in [0.2, 0.25) is 20.0 Å². The van der Waals surface area contributed by atoms with Crippen LogP contribution in [0.3, 0.4) is 0 Å². The molecule has 1 aromatic carbocycles. The van der Waals surface area contributed by atoms with Crippen LogP contribution >= 0.6 is 0 Å². The van der Waals surface area contributed by atoms with Crippen molar-refractivity contribution in [1.82, 2.24) is 4.72 Å². The van der Waals surface area contributed by atoms with Crippen molar-refractivity contribution in [2.24, 2.45) is 5.14 Å². The van der Waals surface area contributed by atoms with E-state index in [0.29, 0.717) is 31.6 Å². The molecule has 7 nitrogen and oxygen atoms in total. The van der Waals surface area contributed by atoms with Crippen LogP contribution in [0, 0.1) is 0 Å². The fraction of sp³-hybridized carbons (Fsp3) is 0.500. The molecule has 9 heteroatoms. The van der Waals surface area contributed by atoms with E-state index >= 15 is 0 Å². The van der Waals surface area contributed by atoms with Crippen molar-refractivity contribution in [3.63, 3.8) is 0 Å². The molecule has 0 saturated carbocycles. The summed E-state index contributed by atoms with van der Waals surface area (Å²) in [7, 11) is -7.13. The second-order valence-corrected chi connectivity index (χ2v) is 8.47. The molecule has 118 valence electrons. The maximum absolute atomic E-state index is 12.1. The normalized spacial score (nSPS) is 17.8. The van der Waals surface area contributed by atoms with Crippen LogP contribution in [0.5, 0.6) is 0 Å². The van der Waals surface area contributed by atoms with E-state index in [1.54, 1.807) is 0 Å². The predicted octanol–water partition coefficient (Wildman–Crippen LogP) is -0.0676. The first-order valence-electron chi connectivity index (χ1n) is 6.47. The summed E-state index contributed by atoms with van der Waals surface area (Å²) in [6.45, 7) is 1.02. The van der Waals surface area contributed by atoms with E-state index in [1.807, 2.05) is 0 Å². The van der Waals surface area contributed by atoms with Crippen LogP contribution < -0.4 is 9.86 Å². The molecule has 1 heterocycles. The lowest BCUT2D eigenvalue weighted by atomic mass is 10.2. The minimum atomic E-state index is -3.73. The largest absolute Gasteiger partial charge is 0.381 e. The summed E-state index contributed by atoms with van der Waals surface area (Å²) in [4.78, 5) is -0.00136. The van der Waals surface area contributed by atoms with E-state index in [1.165, 1.54) is 24.3 Å². The molecule has 0 aliphatic carbocycles. The Morgan fingerprint density at radius 1 is 1.10 bits per heavy atom. The van der Waals surface area contributed by atoms with Gasteiger partial charge < -0.3 is 4.74 Å². The average Bonchev–Trinajstić information content (AvgIpc) is 2.46. The van der Waals surface area contributed by atoms with Crippen molar-refractivity contribution in [2.45, 2.75) is 29.5 Å². The van der Waals surface area contributed by atoms with Crippen LogP contribution in [-0.2, 0) is 31.3 Å². The van der Waals surface area contributed by atoms with Gasteiger partial charge in [-0.25, -0.2) is 26.7 Å². The quantitative estimate of drug-likeness (QED) is 0.782. The Morgan fingerprint density at radius 2 is 1.67 bits per heavy atom. The van der Waals surface area contributed by atoms with Crippen molar-refractivity contribution in [3.8, 4) is 0 Å². The fourth-order valence-corrected chi connectivity index (χ4v) is 4.02. The Kier molecular flexibility index (Phi) is 4.99. The monoisotopic (exact) mass is 334 g/mol. The lowest BCUT2D eigenvalue weighted by Crippen LogP contribution is -2.37. The molecular weight excluding hydrogens is 316 g/mol. The van der Waals surface area contributed by atoms with Gasteiger partial charge in [0.15, 0.2) is 0 Å². The smallest absolute Gasteiger partial charge is 0.238 e. The Balaban J connectivity index is 1.99. The minimum absolute atomic E-state index is 0.00136. The van der Waals surface area contributed by atoms with Crippen LogP contribution in [0.4, 0.5) is 0 Å². The molecule has 0 aromatic heterocycles. The number of ether oxygens (including phenoxy) is 1. The van der Waals surface area contributed by atoms with Gasteiger partial charge in [-0.2, -0.15) is 0 Å². The summed E-state index contributed by atoms with van der Waals surface area (Å²) < 4.78 is 54.1. The van der Waals surface area contributed by atoms with Gasteiger partial charge >= 0.3 is 0 Å². The summed E-state index contributed by atoms with van der Waals surface area (Å²) in [6.07, 6.45) is 0.972. The summed E-state index contributed by atoms with van der Waals surface area (Å²) in [5.74, 6) is 0. The molecule has 1 saturated heterocycles. The lowest BCUT2D eigenvalue weighted by Gasteiger charge is -2.22. The third-order valence-electron chi connectivity index (χ3n) is 3.34. The number of hydrogen-bond acceptors (Lipinski definition) is 5. The van der Waals surface area contributed by atoms with E-state index in [9.17, 15) is 16.8 Å². The molecular formula is C12H18N2O5S2. The SMILES string of the molecule is NS(=O)(=O)c1ccc(CNS(=O)(=O)C2CCOCC2)cc1. The minimum Gasteiger partial charge on any atom is -0.381 e. The van der Waals surface area contributed by atoms with Gasteiger partial charge in [-0.15, -0.1) is 0 Å². The zero-order valence-corrected chi connectivity index (χ0v) is 13.0. The van der Waals surface area contributed by atoms with Crippen molar-refractivity contribution in [1.29, 1.82) is 0 Å². The van der Waals surface area contributed by atoms with E-state index in [2.05, 4.69) is 4.72 Å². The number of hydrogen-bond donors (Lipinski definition) is 2. The van der Waals surface area contributed by atoms with Crippen molar-refractivity contribution >= 4 is 20.0 Å². The molecule has 1 aliphatic heterocycles. The Hall–Kier alpha value is -1.00. The molecule has 0 atom stereocenters. The molecule has 21 heavy (non-hydrogen) atoms. The summed E-state index contributed by atoms with van der Waals surface area (Å²) in [5, 5.41) is 4.56. The molecule has 3 N–H and O–H groups in total.